The average Bonchev–Trinajstić information content (AvgIpc) is 3.69. The summed E-state index contributed by atoms with van der Waals surface area (Å²) in [5.74, 6) is 1.66. The van der Waals surface area contributed by atoms with Gasteiger partial charge in [0.05, 0.1) is 39.4 Å². The Balaban J connectivity index is 1.16. The minimum Gasteiger partial charge on any atom is -0.345 e. The molecule has 8 rings (SSSR count). The molecule has 174 valence electrons. The molecule has 0 aliphatic rings. The Morgan fingerprint density at radius 2 is 1.14 bits per heavy atom. The smallest absolute Gasteiger partial charge is 0.138 e. The average molecular weight is 477 g/mol. The van der Waals surface area contributed by atoms with Gasteiger partial charge in [-0.05, 0) is 76.5 Å². The Bertz CT molecular complexity index is 2110. The molecule has 5 aromatic carbocycles. The van der Waals surface area contributed by atoms with Crippen LogP contribution in [0, 0.1) is 0 Å². The van der Waals surface area contributed by atoms with E-state index in [0.717, 1.165) is 61.4 Å². The number of H-pyrrole nitrogens is 3. The number of hydrogen-bond acceptors (Lipinski definition) is 3. The lowest BCUT2D eigenvalue weighted by molar-refractivity contribution is 1.33. The van der Waals surface area contributed by atoms with Crippen LogP contribution in [0.25, 0.3) is 77.8 Å². The van der Waals surface area contributed by atoms with E-state index in [1.54, 1.807) is 6.33 Å². The number of rotatable bonds is 3. The van der Waals surface area contributed by atoms with E-state index in [9.17, 15) is 0 Å². The van der Waals surface area contributed by atoms with Crippen LogP contribution in [0.15, 0.2) is 103 Å². The van der Waals surface area contributed by atoms with Crippen molar-refractivity contribution in [3.05, 3.63) is 103 Å². The summed E-state index contributed by atoms with van der Waals surface area (Å²) in [6.07, 6.45) is 1.71. The molecule has 0 aliphatic heterocycles. The van der Waals surface area contributed by atoms with E-state index in [2.05, 4.69) is 98.8 Å². The number of fused-ring (bicyclic) bond motifs is 4. The first-order chi connectivity index (χ1) is 18.3. The van der Waals surface area contributed by atoms with Crippen LogP contribution in [0.3, 0.4) is 0 Å². The summed E-state index contributed by atoms with van der Waals surface area (Å²) in [5.41, 5.74) is 10.1. The summed E-state index contributed by atoms with van der Waals surface area (Å²) >= 11 is 0. The highest BCUT2D eigenvalue weighted by Crippen LogP contribution is 2.30. The van der Waals surface area contributed by atoms with Crippen molar-refractivity contribution in [2.24, 2.45) is 0 Å². The largest absolute Gasteiger partial charge is 0.345 e. The van der Waals surface area contributed by atoms with Crippen LogP contribution < -0.4 is 0 Å². The minimum atomic E-state index is 0.827. The van der Waals surface area contributed by atoms with Crippen LogP contribution in [-0.4, -0.2) is 29.9 Å². The van der Waals surface area contributed by atoms with Crippen molar-refractivity contribution in [1.29, 1.82) is 0 Å². The van der Waals surface area contributed by atoms with Gasteiger partial charge in [-0.2, -0.15) is 0 Å². The van der Waals surface area contributed by atoms with Crippen LogP contribution >= 0.6 is 0 Å². The van der Waals surface area contributed by atoms with Gasteiger partial charge in [0.1, 0.15) is 11.6 Å². The lowest BCUT2D eigenvalue weighted by atomic mass is 10.0. The summed E-state index contributed by atoms with van der Waals surface area (Å²) in [5, 5.41) is 2.48. The van der Waals surface area contributed by atoms with Gasteiger partial charge in [-0.1, -0.05) is 42.5 Å². The van der Waals surface area contributed by atoms with Crippen molar-refractivity contribution in [3.8, 4) is 33.9 Å². The molecular formula is C31H20N6. The normalized spacial score (nSPS) is 11.8. The Labute approximate surface area is 211 Å². The molecule has 3 aromatic heterocycles. The van der Waals surface area contributed by atoms with Crippen LogP contribution in [0.4, 0.5) is 0 Å². The molecule has 0 saturated heterocycles. The van der Waals surface area contributed by atoms with E-state index in [-0.39, 0.29) is 0 Å². The second-order valence-electron chi connectivity index (χ2n) is 9.33. The first-order valence-electron chi connectivity index (χ1n) is 12.2. The highest BCUT2D eigenvalue weighted by Gasteiger charge is 2.11. The molecule has 0 atom stereocenters. The first kappa shape index (κ1) is 20.0. The number of imidazole rings is 3. The molecule has 0 fully saturated rings. The highest BCUT2D eigenvalue weighted by atomic mass is 14.9. The summed E-state index contributed by atoms with van der Waals surface area (Å²) < 4.78 is 0. The molecule has 6 heteroatoms. The number of benzene rings is 5. The maximum absolute atomic E-state index is 4.93. The molecule has 8 aromatic rings. The molecule has 0 amide bonds. The predicted molar refractivity (Wildman–Crippen MR) is 149 cm³/mol. The van der Waals surface area contributed by atoms with Gasteiger partial charge in [-0.15, -0.1) is 0 Å². The van der Waals surface area contributed by atoms with Crippen molar-refractivity contribution < 1.29 is 0 Å². The van der Waals surface area contributed by atoms with E-state index in [4.69, 9.17) is 9.97 Å². The second-order valence-corrected chi connectivity index (χ2v) is 9.33. The van der Waals surface area contributed by atoms with Gasteiger partial charge in [0, 0.05) is 11.1 Å². The number of nitrogens with zero attached hydrogens (tertiary/aromatic N) is 3. The third-order valence-corrected chi connectivity index (χ3v) is 7.01. The Morgan fingerprint density at radius 3 is 2.03 bits per heavy atom. The fourth-order valence-corrected chi connectivity index (χ4v) is 5.07. The maximum atomic E-state index is 4.93. The van der Waals surface area contributed by atoms with E-state index < -0.39 is 0 Å². The van der Waals surface area contributed by atoms with E-state index in [1.165, 1.54) is 16.3 Å². The minimum absolute atomic E-state index is 0.827. The quantitative estimate of drug-likeness (QED) is 0.247. The topological polar surface area (TPSA) is 86.0 Å². The van der Waals surface area contributed by atoms with Crippen LogP contribution in [0.2, 0.25) is 0 Å². The standard InChI is InChI=1S/C31H20N6/c1-2-4-19-13-20(6-5-18(19)3-1)21-7-11-25-28(14-21)36-31(34-25)23-9-12-26-29(16-23)37-30(35-26)22-8-10-24-27(15-22)33-17-32-24/h1-17H,(H,32,33)(H,34,36)(H,35,37). The van der Waals surface area contributed by atoms with Crippen molar-refractivity contribution in [2.45, 2.75) is 0 Å². The van der Waals surface area contributed by atoms with Crippen molar-refractivity contribution >= 4 is 43.9 Å². The van der Waals surface area contributed by atoms with Gasteiger partial charge in [0.15, 0.2) is 0 Å². The van der Waals surface area contributed by atoms with Crippen molar-refractivity contribution in [2.75, 3.05) is 0 Å². The van der Waals surface area contributed by atoms with Crippen LogP contribution in [0.5, 0.6) is 0 Å². The molecule has 0 aliphatic carbocycles. The number of hydrogen-bond donors (Lipinski definition) is 3. The zero-order valence-corrected chi connectivity index (χ0v) is 19.7. The highest BCUT2D eigenvalue weighted by molar-refractivity contribution is 5.91. The van der Waals surface area contributed by atoms with Gasteiger partial charge < -0.3 is 15.0 Å². The van der Waals surface area contributed by atoms with E-state index >= 15 is 0 Å². The Hall–Kier alpha value is -5.23. The SMILES string of the molecule is c1ccc2cc(-c3ccc4[nH]c(-c5ccc6nc(-c7ccc8nc[nH]c8c7)[nH]c6c5)nc4c3)ccc2c1. The molecule has 0 bridgehead atoms. The number of aromatic amines is 3. The zero-order valence-electron chi connectivity index (χ0n) is 19.7. The van der Waals surface area contributed by atoms with Gasteiger partial charge in [0.2, 0.25) is 0 Å². The monoisotopic (exact) mass is 476 g/mol. The Morgan fingerprint density at radius 1 is 0.459 bits per heavy atom. The lowest BCUT2D eigenvalue weighted by Crippen LogP contribution is -1.81. The number of nitrogens with one attached hydrogen (secondary N) is 3. The molecule has 3 N–H and O–H groups in total. The number of aromatic nitrogens is 6. The third-order valence-electron chi connectivity index (χ3n) is 7.01. The lowest BCUT2D eigenvalue weighted by Gasteiger charge is -2.04. The summed E-state index contributed by atoms with van der Waals surface area (Å²) in [4.78, 5) is 24.1. The van der Waals surface area contributed by atoms with Crippen LogP contribution in [-0.2, 0) is 0 Å². The van der Waals surface area contributed by atoms with Crippen LogP contribution in [0.1, 0.15) is 0 Å². The molecule has 6 nitrogen and oxygen atoms in total. The maximum Gasteiger partial charge on any atom is 0.138 e. The first-order valence-corrected chi connectivity index (χ1v) is 12.2. The van der Waals surface area contributed by atoms with Gasteiger partial charge in [0.25, 0.3) is 0 Å². The Kier molecular flexibility index (Phi) is 4.13. The fraction of sp³-hybridized carbons (Fsp3) is 0. The molecule has 0 unspecified atom stereocenters. The molecule has 0 radical (unpaired) electrons. The summed E-state index contributed by atoms with van der Waals surface area (Å²) in [7, 11) is 0. The molecule has 0 saturated carbocycles. The van der Waals surface area contributed by atoms with E-state index in [0.29, 0.717) is 0 Å². The second kappa shape index (κ2) is 7.63. The van der Waals surface area contributed by atoms with Gasteiger partial charge in [-0.3, -0.25) is 0 Å². The molecular weight excluding hydrogens is 456 g/mol. The summed E-state index contributed by atoms with van der Waals surface area (Å²) in [6, 6.07) is 33.7. The molecule has 37 heavy (non-hydrogen) atoms. The van der Waals surface area contributed by atoms with Crippen molar-refractivity contribution in [1.82, 2.24) is 29.9 Å². The molecule has 0 spiro atoms. The van der Waals surface area contributed by atoms with Gasteiger partial charge in [-0.25, -0.2) is 15.0 Å². The van der Waals surface area contributed by atoms with Crippen molar-refractivity contribution in [3.63, 3.8) is 0 Å². The third kappa shape index (κ3) is 3.31. The summed E-state index contributed by atoms with van der Waals surface area (Å²) in [6.45, 7) is 0. The van der Waals surface area contributed by atoms with E-state index in [1.807, 2.05) is 18.2 Å². The zero-order chi connectivity index (χ0) is 24.3. The predicted octanol–water partition coefficient (Wildman–Crippen LogP) is 7.47. The van der Waals surface area contributed by atoms with Gasteiger partial charge >= 0.3 is 0 Å². The fourth-order valence-electron chi connectivity index (χ4n) is 5.07. The molecule has 3 heterocycles.